The molecule has 1 aromatic heterocycles. The number of fused-ring (bicyclic) bond motifs is 1. The first-order valence-electron chi connectivity index (χ1n) is 6.09. The van der Waals surface area contributed by atoms with Gasteiger partial charge in [-0.05, 0) is 17.7 Å². The number of H-pyrrole nitrogens is 1. The third-order valence-corrected chi connectivity index (χ3v) is 2.96. The Kier molecular flexibility index (Phi) is 3.32. The molecule has 5 heteroatoms. The molecular weight excluding hydrogens is 244 g/mol. The van der Waals surface area contributed by atoms with Gasteiger partial charge < -0.3 is 14.8 Å². The summed E-state index contributed by atoms with van der Waals surface area (Å²) in [4.78, 5) is 19.0. The summed E-state index contributed by atoms with van der Waals surface area (Å²) in [6.45, 7) is 6.19. The summed E-state index contributed by atoms with van der Waals surface area (Å²) in [6.07, 6.45) is -1.27. The highest BCUT2D eigenvalue weighted by molar-refractivity contribution is 5.81. The van der Waals surface area contributed by atoms with Gasteiger partial charge in [0.25, 0.3) is 0 Å². The molecule has 0 spiro atoms. The summed E-state index contributed by atoms with van der Waals surface area (Å²) < 4.78 is 4.52. The number of aromatic nitrogens is 2. The van der Waals surface area contributed by atoms with Gasteiger partial charge in [-0.3, -0.25) is 0 Å². The smallest absolute Gasteiger partial charge is 0.339 e. The van der Waals surface area contributed by atoms with Crippen molar-refractivity contribution in [1.29, 1.82) is 0 Å². The molecule has 2 N–H and O–H groups in total. The van der Waals surface area contributed by atoms with Crippen LogP contribution >= 0.6 is 0 Å². The molecule has 19 heavy (non-hydrogen) atoms. The Hall–Kier alpha value is -1.88. The molecule has 0 aliphatic heterocycles. The predicted octanol–water partition coefficient (Wildman–Crippen LogP) is 2.07. The van der Waals surface area contributed by atoms with Crippen LogP contribution < -0.4 is 0 Å². The summed E-state index contributed by atoms with van der Waals surface area (Å²) in [7, 11) is 1.25. The quantitative estimate of drug-likeness (QED) is 0.812. The van der Waals surface area contributed by atoms with Gasteiger partial charge in [0.2, 0.25) is 0 Å². The van der Waals surface area contributed by atoms with E-state index in [2.05, 4.69) is 35.5 Å². The number of aliphatic hydroxyl groups is 1. The monoisotopic (exact) mass is 262 g/mol. The van der Waals surface area contributed by atoms with Gasteiger partial charge in [-0.1, -0.05) is 26.8 Å². The SMILES string of the molecule is COC(=O)C(O)c1ccc2nc(C(C)(C)C)[nH]c2c1. The molecule has 2 aromatic rings. The van der Waals surface area contributed by atoms with Gasteiger partial charge in [-0.15, -0.1) is 0 Å². The van der Waals surface area contributed by atoms with E-state index in [0.717, 1.165) is 16.9 Å². The van der Waals surface area contributed by atoms with Crippen molar-refractivity contribution in [2.24, 2.45) is 0 Å². The van der Waals surface area contributed by atoms with E-state index in [1.165, 1.54) is 7.11 Å². The minimum Gasteiger partial charge on any atom is -0.467 e. The summed E-state index contributed by atoms with van der Waals surface area (Å²) in [5, 5.41) is 9.81. The number of nitrogens with zero attached hydrogens (tertiary/aromatic N) is 1. The molecule has 0 aliphatic rings. The van der Waals surface area contributed by atoms with Crippen LogP contribution in [0.2, 0.25) is 0 Å². The second-order valence-electron chi connectivity index (χ2n) is 5.54. The maximum Gasteiger partial charge on any atom is 0.339 e. The normalized spacial score (nSPS) is 13.5. The van der Waals surface area contributed by atoms with E-state index in [9.17, 15) is 9.90 Å². The molecule has 0 radical (unpaired) electrons. The maximum absolute atomic E-state index is 11.3. The summed E-state index contributed by atoms with van der Waals surface area (Å²) in [6, 6.07) is 5.18. The van der Waals surface area contributed by atoms with Crippen molar-refractivity contribution in [3.63, 3.8) is 0 Å². The Morgan fingerprint density at radius 2 is 2.11 bits per heavy atom. The van der Waals surface area contributed by atoms with Crippen LogP contribution in [0.3, 0.4) is 0 Å². The number of nitrogens with one attached hydrogen (secondary N) is 1. The lowest BCUT2D eigenvalue weighted by Gasteiger charge is -2.13. The Balaban J connectivity index is 2.43. The van der Waals surface area contributed by atoms with Crippen LogP contribution in [-0.2, 0) is 14.9 Å². The first-order chi connectivity index (χ1) is 8.82. The van der Waals surface area contributed by atoms with E-state index < -0.39 is 12.1 Å². The number of esters is 1. The highest BCUT2D eigenvalue weighted by Gasteiger charge is 2.21. The molecule has 102 valence electrons. The molecule has 0 aliphatic carbocycles. The van der Waals surface area contributed by atoms with Crippen LogP contribution in [0, 0.1) is 0 Å². The lowest BCUT2D eigenvalue weighted by Crippen LogP contribution is -2.13. The molecular formula is C14H18N2O3. The maximum atomic E-state index is 11.3. The predicted molar refractivity (Wildman–Crippen MR) is 71.8 cm³/mol. The Bertz CT molecular complexity index is 611. The number of carbonyl (C=O) groups is 1. The average molecular weight is 262 g/mol. The molecule has 0 fully saturated rings. The fourth-order valence-electron chi connectivity index (χ4n) is 1.80. The molecule has 5 nitrogen and oxygen atoms in total. The van der Waals surface area contributed by atoms with Gasteiger partial charge >= 0.3 is 5.97 Å². The lowest BCUT2D eigenvalue weighted by atomic mass is 9.96. The van der Waals surface area contributed by atoms with Crippen molar-refractivity contribution in [2.75, 3.05) is 7.11 Å². The second kappa shape index (κ2) is 4.66. The van der Waals surface area contributed by atoms with Crippen LogP contribution in [0.4, 0.5) is 0 Å². The van der Waals surface area contributed by atoms with E-state index in [0.29, 0.717) is 5.56 Å². The molecule has 0 bridgehead atoms. The number of hydrogen-bond donors (Lipinski definition) is 2. The number of aromatic amines is 1. The van der Waals surface area contributed by atoms with Crippen molar-refractivity contribution < 1.29 is 14.6 Å². The van der Waals surface area contributed by atoms with E-state index >= 15 is 0 Å². The lowest BCUT2D eigenvalue weighted by molar-refractivity contribution is -0.150. The number of hydrogen-bond acceptors (Lipinski definition) is 4. The van der Waals surface area contributed by atoms with E-state index in [1.54, 1.807) is 18.2 Å². The van der Waals surface area contributed by atoms with Crippen molar-refractivity contribution in [3.8, 4) is 0 Å². The molecule has 1 unspecified atom stereocenters. The first-order valence-corrected chi connectivity index (χ1v) is 6.09. The van der Waals surface area contributed by atoms with Gasteiger partial charge in [0.05, 0.1) is 18.1 Å². The highest BCUT2D eigenvalue weighted by Crippen LogP contribution is 2.24. The number of benzene rings is 1. The van der Waals surface area contributed by atoms with Gasteiger partial charge in [-0.2, -0.15) is 0 Å². The van der Waals surface area contributed by atoms with Gasteiger partial charge in [0.15, 0.2) is 6.10 Å². The Morgan fingerprint density at radius 3 is 2.68 bits per heavy atom. The molecule has 1 aromatic carbocycles. The molecule has 0 saturated carbocycles. The van der Waals surface area contributed by atoms with Gasteiger partial charge in [-0.25, -0.2) is 9.78 Å². The fraction of sp³-hybridized carbons (Fsp3) is 0.429. The minimum absolute atomic E-state index is 0.0832. The Morgan fingerprint density at radius 1 is 1.42 bits per heavy atom. The summed E-state index contributed by atoms with van der Waals surface area (Å²) in [5.41, 5.74) is 2.01. The van der Waals surface area contributed by atoms with Crippen LogP contribution in [-0.4, -0.2) is 28.2 Å². The largest absolute Gasteiger partial charge is 0.467 e. The zero-order valence-electron chi connectivity index (χ0n) is 11.5. The molecule has 2 rings (SSSR count). The van der Waals surface area contributed by atoms with E-state index in [-0.39, 0.29) is 5.41 Å². The van der Waals surface area contributed by atoms with Crippen LogP contribution in [0.15, 0.2) is 18.2 Å². The second-order valence-corrected chi connectivity index (χ2v) is 5.54. The number of imidazole rings is 1. The first kappa shape index (κ1) is 13.5. The zero-order valence-corrected chi connectivity index (χ0v) is 11.5. The van der Waals surface area contributed by atoms with Crippen LogP contribution in [0.1, 0.15) is 38.3 Å². The van der Waals surface area contributed by atoms with Crippen molar-refractivity contribution >= 4 is 17.0 Å². The van der Waals surface area contributed by atoms with Crippen molar-refractivity contribution in [2.45, 2.75) is 32.3 Å². The van der Waals surface area contributed by atoms with Crippen LogP contribution in [0.25, 0.3) is 11.0 Å². The van der Waals surface area contributed by atoms with Crippen LogP contribution in [0.5, 0.6) is 0 Å². The standard InChI is InChI=1S/C14H18N2O3/c1-14(2,3)13-15-9-6-5-8(7-10(9)16-13)11(17)12(18)19-4/h5-7,11,17H,1-4H3,(H,15,16). The minimum atomic E-state index is -1.27. The fourth-order valence-corrected chi connectivity index (χ4v) is 1.80. The zero-order chi connectivity index (χ0) is 14.2. The Labute approximate surface area is 111 Å². The molecule has 1 heterocycles. The molecule has 1 atom stereocenters. The number of rotatable bonds is 2. The van der Waals surface area contributed by atoms with E-state index in [4.69, 9.17) is 0 Å². The topological polar surface area (TPSA) is 75.2 Å². The summed E-state index contributed by atoms with van der Waals surface area (Å²) in [5.74, 6) is 0.196. The van der Waals surface area contributed by atoms with Crippen molar-refractivity contribution in [1.82, 2.24) is 9.97 Å². The van der Waals surface area contributed by atoms with Gasteiger partial charge in [0, 0.05) is 5.41 Å². The number of carbonyl (C=O) groups excluding carboxylic acids is 1. The average Bonchev–Trinajstić information content (AvgIpc) is 2.79. The molecule has 0 saturated heterocycles. The number of ether oxygens (including phenoxy) is 1. The van der Waals surface area contributed by atoms with Crippen molar-refractivity contribution in [3.05, 3.63) is 29.6 Å². The third-order valence-electron chi connectivity index (χ3n) is 2.96. The third kappa shape index (κ3) is 2.61. The summed E-state index contributed by atoms with van der Waals surface area (Å²) >= 11 is 0. The highest BCUT2D eigenvalue weighted by atomic mass is 16.5. The number of methoxy groups -OCH3 is 1. The number of aliphatic hydroxyl groups excluding tert-OH is 1. The van der Waals surface area contributed by atoms with E-state index in [1.807, 2.05) is 0 Å². The van der Waals surface area contributed by atoms with Gasteiger partial charge in [0.1, 0.15) is 5.82 Å². The molecule has 0 amide bonds.